The summed E-state index contributed by atoms with van der Waals surface area (Å²) in [7, 11) is 0. The van der Waals surface area contributed by atoms with Crippen LogP contribution in [-0.2, 0) is 6.54 Å². The number of benzene rings is 1. The molecule has 0 heterocycles. The number of nitrogens with zero attached hydrogens (tertiary/aromatic N) is 1. The van der Waals surface area contributed by atoms with Gasteiger partial charge in [-0.3, -0.25) is 0 Å². The van der Waals surface area contributed by atoms with Crippen LogP contribution in [-0.4, -0.2) is 17.7 Å². The third-order valence-electron chi connectivity index (χ3n) is 2.23. The van der Waals surface area contributed by atoms with E-state index in [0.29, 0.717) is 10.5 Å². The second-order valence-corrected chi connectivity index (χ2v) is 3.47. The van der Waals surface area contributed by atoms with Gasteiger partial charge in [-0.15, -0.1) is 0 Å². The number of aryl methyl sites for hydroxylation is 1. The van der Waals surface area contributed by atoms with E-state index in [-0.39, 0.29) is 13.1 Å². The highest BCUT2D eigenvalue weighted by atomic mass is 19.4. The van der Waals surface area contributed by atoms with Crippen molar-refractivity contribution in [2.75, 3.05) is 6.54 Å². The van der Waals surface area contributed by atoms with E-state index in [1.165, 1.54) is 6.92 Å². The molecule has 0 unspecified atom stereocenters. The fourth-order valence-corrected chi connectivity index (χ4v) is 1.29. The number of hydrogen-bond acceptors (Lipinski definition) is 1. The van der Waals surface area contributed by atoms with Gasteiger partial charge in [0, 0.05) is 13.1 Å². The Kier molecular flexibility index (Phi) is 3.74. The Labute approximate surface area is 87.5 Å². The van der Waals surface area contributed by atoms with Gasteiger partial charge in [-0.2, -0.15) is 13.2 Å². The quantitative estimate of drug-likeness (QED) is 0.702. The highest BCUT2D eigenvalue weighted by molar-refractivity contribution is 5.21. The molecule has 0 aromatic heterocycles. The molecule has 1 aromatic rings. The Morgan fingerprint density at radius 3 is 2.07 bits per heavy atom. The molecule has 15 heavy (non-hydrogen) atoms. The Morgan fingerprint density at radius 1 is 1.13 bits per heavy atom. The lowest BCUT2D eigenvalue weighted by atomic mass is 10.1. The van der Waals surface area contributed by atoms with E-state index in [4.69, 9.17) is 0 Å². The molecule has 0 N–H and O–H groups in total. The molecule has 0 aliphatic carbocycles. The van der Waals surface area contributed by atoms with Crippen LogP contribution in [0.15, 0.2) is 24.3 Å². The number of alkyl halides is 3. The summed E-state index contributed by atoms with van der Waals surface area (Å²) in [5, 5.41) is 0. The summed E-state index contributed by atoms with van der Waals surface area (Å²) in [6, 6.07) is 7.09. The van der Waals surface area contributed by atoms with Crippen molar-refractivity contribution < 1.29 is 13.2 Å². The highest BCUT2D eigenvalue weighted by Gasteiger charge is 2.35. The monoisotopic (exact) mass is 217 g/mol. The summed E-state index contributed by atoms with van der Waals surface area (Å²) in [6.45, 7) is 3.30. The predicted octanol–water partition coefficient (Wildman–Crippen LogP) is 3.34. The maximum atomic E-state index is 12.4. The molecule has 4 heteroatoms. The predicted molar refractivity (Wildman–Crippen MR) is 53.3 cm³/mol. The van der Waals surface area contributed by atoms with Crippen LogP contribution in [0.3, 0.4) is 0 Å². The number of hydrogen-bond donors (Lipinski definition) is 0. The largest absolute Gasteiger partial charge is 0.460 e. The molecule has 0 amide bonds. The van der Waals surface area contributed by atoms with Crippen LogP contribution in [0.5, 0.6) is 0 Å². The maximum Gasteiger partial charge on any atom is 0.460 e. The van der Waals surface area contributed by atoms with Gasteiger partial charge in [-0.25, -0.2) is 4.90 Å². The molecule has 1 rings (SSSR count). The molecular weight excluding hydrogens is 203 g/mol. The molecule has 1 nitrogen and oxygen atoms in total. The second-order valence-electron chi connectivity index (χ2n) is 3.47. The van der Waals surface area contributed by atoms with E-state index in [9.17, 15) is 13.2 Å². The molecule has 84 valence electrons. The van der Waals surface area contributed by atoms with Crippen molar-refractivity contribution in [1.82, 2.24) is 4.90 Å². The van der Waals surface area contributed by atoms with Crippen molar-refractivity contribution in [1.29, 1.82) is 0 Å². The minimum absolute atomic E-state index is 0.0304. The lowest BCUT2D eigenvalue weighted by Gasteiger charge is -2.23. The van der Waals surface area contributed by atoms with E-state index in [0.717, 1.165) is 5.56 Å². The van der Waals surface area contributed by atoms with Gasteiger partial charge < -0.3 is 0 Å². The molecule has 1 aromatic carbocycles. The van der Waals surface area contributed by atoms with Gasteiger partial charge in [0.25, 0.3) is 0 Å². The van der Waals surface area contributed by atoms with Crippen LogP contribution in [0, 0.1) is 6.92 Å². The summed E-state index contributed by atoms with van der Waals surface area (Å²) in [5.74, 6) is 0. The van der Waals surface area contributed by atoms with Crippen molar-refractivity contribution >= 4 is 0 Å². The molecule has 0 aliphatic rings. The van der Waals surface area contributed by atoms with E-state index in [1.807, 2.05) is 19.1 Å². The van der Waals surface area contributed by atoms with E-state index in [2.05, 4.69) is 0 Å². The molecule has 0 atom stereocenters. The third kappa shape index (κ3) is 3.55. The molecule has 0 saturated heterocycles. The summed E-state index contributed by atoms with van der Waals surface area (Å²) in [4.78, 5) is 0.484. The van der Waals surface area contributed by atoms with Gasteiger partial charge in [-0.1, -0.05) is 36.8 Å². The Morgan fingerprint density at radius 2 is 1.67 bits per heavy atom. The summed E-state index contributed by atoms with van der Waals surface area (Å²) in [5.41, 5.74) is 1.73. The highest BCUT2D eigenvalue weighted by Crippen LogP contribution is 2.23. The van der Waals surface area contributed by atoms with Gasteiger partial charge in [-0.05, 0) is 12.5 Å². The summed E-state index contributed by atoms with van der Waals surface area (Å²) in [6.07, 6.45) is -4.25. The Balaban J connectivity index is 2.71. The van der Waals surface area contributed by atoms with Crippen LogP contribution in [0.4, 0.5) is 13.2 Å². The first-order chi connectivity index (χ1) is 6.93. The van der Waals surface area contributed by atoms with Crippen LogP contribution >= 0.6 is 0 Å². The van der Waals surface area contributed by atoms with Gasteiger partial charge in [0.1, 0.15) is 0 Å². The van der Waals surface area contributed by atoms with E-state index < -0.39 is 6.30 Å². The fourth-order valence-electron chi connectivity index (χ4n) is 1.29. The first-order valence-electron chi connectivity index (χ1n) is 4.81. The zero-order valence-corrected chi connectivity index (χ0v) is 8.80. The van der Waals surface area contributed by atoms with Gasteiger partial charge >= 0.3 is 6.30 Å². The van der Waals surface area contributed by atoms with Crippen molar-refractivity contribution in [3.8, 4) is 0 Å². The topological polar surface area (TPSA) is 3.24 Å². The lowest BCUT2D eigenvalue weighted by Crippen LogP contribution is -2.37. The molecule has 0 saturated carbocycles. The van der Waals surface area contributed by atoms with Gasteiger partial charge in [0.05, 0.1) is 0 Å². The fraction of sp³-hybridized carbons (Fsp3) is 0.455. The zero-order chi connectivity index (χ0) is 11.5. The van der Waals surface area contributed by atoms with Crippen LogP contribution in [0.2, 0.25) is 0 Å². The first kappa shape index (κ1) is 12.0. The minimum atomic E-state index is -4.25. The molecule has 0 fully saturated rings. The van der Waals surface area contributed by atoms with Crippen molar-refractivity contribution in [3.05, 3.63) is 35.4 Å². The Hall–Kier alpha value is -1.03. The first-order valence-corrected chi connectivity index (χ1v) is 4.81. The van der Waals surface area contributed by atoms with Crippen molar-refractivity contribution in [3.63, 3.8) is 0 Å². The van der Waals surface area contributed by atoms with Crippen LogP contribution in [0.1, 0.15) is 18.1 Å². The van der Waals surface area contributed by atoms with E-state index in [1.54, 1.807) is 12.1 Å². The normalized spacial score (nSPS) is 12.1. The molecule has 0 aliphatic heterocycles. The van der Waals surface area contributed by atoms with Crippen LogP contribution in [0.25, 0.3) is 0 Å². The van der Waals surface area contributed by atoms with Crippen molar-refractivity contribution in [2.24, 2.45) is 0 Å². The average molecular weight is 217 g/mol. The van der Waals surface area contributed by atoms with Gasteiger partial charge in [0.2, 0.25) is 0 Å². The minimum Gasteiger partial charge on any atom is -0.210 e. The smallest absolute Gasteiger partial charge is 0.210 e. The van der Waals surface area contributed by atoms with Gasteiger partial charge in [0.15, 0.2) is 0 Å². The average Bonchev–Trinajstić information content (AvgIpc) is 2.15. The summed E-state index contributed by atoms with van der Waals surface area (Å²) >= 11 is 0. The SMILES string of the molecule is CCN(Cc1ccc(C)cc1)C(F)(F)F. The second kappa shape index (κ2) is 4.66. The summed E-state index contributed by atoms with van der Waals surface area (Å²) < 4.78 is 37.2. The molecular formula is C11H14F3N. The molecule has 0 bridgehead atoms. The molecule has 0 radical (unpaired) electrons. The lowest BCUT2D eigenvalue weighted by molar-refractivity contribution is -0.247. The van der Waals surface area contributed by atoms with Crippen LogP contribution < -0.4 is 0 Å². The van der Waals surface area contributed by atoms with Crippen molar-refractivity contribution in [2.45, 2.75) is 26.7 Å². The number of halogens is 3. The number of rotatable bonds is 3. The third-order valence-corrected chi connectivity index (χ3v) is 2.23. The Bertz CT molecular complexity index is 303. The standard InChI is InChI=1S/C11H14F3N/c1-3-15(11(12,13)14)8-10-6-4-9(2)5-7-10/h4-7H,3,8H2,1-2H3. The maximum absolute atomic E-state index is 12.4. The van der Waals surface area contributed by atoms with E-state index >= 15 is 0 Å². The zero-order valence-electron chi connectivity index (χ0n) is 8.80. The molecule has 0 spiro atoms.